The Kier molecular flexibility index (Phi) is 6.08. The highest BCUT2D eigenvalue weighted by atomic mass is 35.5. The molecule has 1 aliphatic heterocycles. The molecule has 27 heavy (non-hydrogen) atoms. The van der Waals surface area contributed by atoms with Gasteiger partial charge in [0.25, 0.3) is 5.91 Å². The van der Waals surface area contributed by atoms with Crippen LogP contribution in [-0.4, -0.2) is 37.4 Å². The molecule has 0 spiro atoms. The summed E-state index contributed by atoms with van der Waals surface area (Å²) in [6.07, 6.45) is -0.857. The molecule has 0 aliphatic carbocycles. The summed E-state index contributed by atoms with van der Waals surface area (Å²) in [5.74, 6) is 1.51. The van der Waals surface area contributed by atoms with E-state index in [0.29, 0.717) is 41.0 Å². The third-order valence-electron chi connectivity index (χ3n) is 4.22. The van der Waals surface area contributed by atoms with E-state index in [1.807, 2.05) is 13.8 Å². The zero-order valence-electron chi connectivity index (χ0n) is 15.3. The van der Waals surface area contributed by atoms with Crippen LogP contribution in [0.25, 0.3) is 0 Å². The van der Waals surface area contributed by atoms with Gasteiger partial charge in [0.15, 0.2) is 18.1 Å². The first-order valence-electron chi connectivity index (χ1n) is 8.68. The van der Waals surface area contributed by atoms with Gasteiger partial charge in [0.1, 0.15) is 19.0 Å². The molecule has 3 rings (SSSR count). The molecule has 144 valence electrons. The number of aliphatic hydroxyl groups excluding tert-OH is 1. The Labute approximate surface area is 163 Å². The van der Waals surface area contributed by atoms with Crippen LogP contribution in [0.5, 0.6) is 17.2 Å². The van der Waals surface area contributed by atoms with Gasteiger partial charge in [-0.25, -0.2) is 0 Å². The van der Waals surface area contributed by atoms with Crippen LogP contribution in [-0.2, 0) is 4.79 Å². The number of carbonyl (C=O) groups is 1. The van der Waals surface area contributed by atoms with Crippen molar-refractivity contribution in [1.82, 2.24) is 5.32 Å². The predicted octanol–water partition coefficient (Wildman–Crippen LogP) is 2.96. The van der Waals surface area contributed by atoms with Gasteiger partial charge in [-0.05, 0) is 54.8 Å². The summed E-state index contributed by atoms with van der Waals surface area (Å²) in [6, 6.07) is 8.80. The normalized spacial score (nSPS) is 13.8. The molecular formula is C20H22ClNO5. The van der Waals surface area contributed by atoms with Gasteiger partial charge in [0.2, 0.25) is 0 Å². The molecule has 0 saturated heterocycles. The van der Waals surface area contributed by atoms with Crippen molar-refractivity contribution in [3.8, 4) is 17.2 Å². The van der Waals surface area contributed by atoms with E-state index >= 15 is 0 Å². The van der Waals surface area contributed by atoms with Gasteiger partial charge in [0, 0.05) is 11.6 Å². The Balaban J connectivity index is 1.50. The number of hydrogen-bond donors (Lipinski definition) is 2. The van der Waals surface area contributed by atoms with Crippen LogP contribution in [0.15, 0.2) is 30.3 Å². The number of hydrogen-bond acceptors (Lipinski definition) is 5. The Hall–Kier alpha value is -2.44. The number of halogens is 1. The number of fused-ring (bicyclic) bond motifs is 1. The average Bonchev–Trinajstić information content (AvgIpc) is 2.68. The van der Waals surface area contributed by atoms with E-state index in [4.69, 9.17) is 25.8 Å². The molecule has 0 radical (unpaired) electrons. The van der Waals surface area contributed by atoms with Crippen LogP contribution >= 0.6 is 11.6 Å². The van der Waals surface area contributed by atoms with Crippen molar-refractivity contribution in [3.05, 3.63) is 52.0 Å². The third-order valence-corrected chi connectivity index (χ3v) is 4.82. The van der Waals surface area contributed by atoms with Crippen LogP contribution in [0.2, 0.25) is 5.02 Å². The fourth-order valence-electron chi connectivity index (χ4n) is 2.78. The topological polar surface area (TPSA) is 77.0 Å². The summed E-state index contributed by atoms with van der Waals surface area (Å²) in [6.45, 7) is 4.68. The second-order valence-electron chi connectivity index (χ2n) is 6.38. The van der Waals surface area contributed by atoms with E-state index in [1.165, 1.54) is 0 Å². The largest absolute Gasteiger partial charge is 0.486 e. The molecule has 0 saturated carbocycles. The summed E-state index contributed by atoms with van der Waals surface area (Å²) in [4.78, 5) is 12.0. The first kappa shape index (κ1) is 19.3. The van der Waals surface area contributed by atoms with Crippen molar-refractivity contribution in [2.75, 3.05) is 26.4 Å². The van der Waals surface area contributed by atoms with Crippen LogP contribution in [0.3, 0.4) is 0 Å². The van der Waals surface area contributed by atoms with Crippen LogP contribution in [0, 0.1) is 13.8 Å². The molecule has 6 nitrogen and oxygen atoms in total. The number of ether oxygens (including phenoxy) is 3. The lowest BCUT2D eigenvalue weighted by atomic mass is 10.1. The summed E-state index contributed by atoms with van der Waals surface area (Å²) in [7, 11) is 0. The van der Waals surface area contributed by atoms with Crippen LogP contribution in [0.1, 0.15) is 22.8 Å². The van der Waals surface area contributed by atoms with Crippen molar-refractivity contribution in [1.29, 1.82) is 0 Å². The fourth-order valence-corrected chi connectivity index (χ4v) is 2.89. The highest BCUT2D eigenvalue weighted by Crippen LogP contribution is 2.32. The molecule has 1 unspecified atom stereocenters. The minimum atomic E-state index is -0.857. The Morgan fingerprint density at radius 1 is 1.19 bits per heavy atom. The van der Waals surface area contributed by atoms with Gasteiger partial charge < -0.3 is 24.6 Å². The van der Waals surface area contributed by atoms with Gasteiger partial charge in [-0.1, -0.05) is 17.7 Å². The Bertz CT molecular complexity index is 816. The van der Waals surface area contributed by atoms with Crippen LogP contribution < -0.4 is 19.5 Å². The number of nitrogens with one attached hydrogen (secondary N) is 1. The molecule has 0 aromatic heterocycles. The van der Waals surface area contributed by atoms with Crippen molar-refractivity contribution < 1.29 is 24.1 Å². The van der Waals surface area contributed by atoms with Gasteiger partial charge in [-0.2, -0.15) is 0 Å². The van der Waals surface area contributed by atoms with E-state index in [1.54, 1.807) is 30.3 Å². The molecule has 2 N–H and O–H groups in total. The van der Waals surface area contributed by atoms with E-state index in [0.717, 1.165) is 11.1 Å². The molecule has 1 heterocycles. The van der Waals surface area contributed by atoms with E-state index in [9.17, 15) is 9.90 Å². The zero-order chi connectivity index (χ0) is 19.4. The number of rotatable bonds is 6. The van der Waals surface area contributed by atoms with Crippen molar-refractivity contribution >= 4 is 17.5 Å². The summed E-state index contributed by atoms with van der Waals surface area (Å²) >= 11 is 6.12. The predicted molar refractivity (Wildman–Crippen MR) is 102 cm³/mol. The first-order chi connectivity index (χ1) is 12.9. The summed E-state index contributed by atoms with van der Waals surface area (Å²) in [5, 5.41) is 13.6. The minimum Gasteiger partial charge on any atom is -0.486 e. The molecule has 0 fully saturated rings. The molecule has 1 aliphatic rings. The third kappa shape index (κ3) is 4.84. The lowest BCUT2D eigenvalue weighted by molar-refractivity contribution is -0.123. The first-order valence-corrected chi connectivity index (χ1v) is 9.05. The van der Waals surface area contributed by atoms with E-state index < -0.39 is 6.10 Å². The van der Waals surface area contributed by atoms with Gasteiger partial charge in [-0.15, -0.1) is 0 Å². The van der Waals surface area contributed by atoms with Gasteiger partial charge >= 0.3 is 0 Å². The molecule has 2 aromatic rings. The monoisotopic (exact) mass is 391 g/mol. The molecule has 2 aromatic carbocycles. The number of aryl methyl sites for hydroxylation is 2. The van der Waals surface area contributed by atoms with Crippen molar-refractivity contribution in [2.45, 2.75) is 20.0 Å². The van der Waals surface area contributed by atoms with E-state index in [2.05, 4.69) is 5.32 Å². The van der Waals surface area contributed by atoms with Crippen molar-refractivity contribution in [2.24, 2.45) is 0 Å². The molecule has 1 amide bonds. The zero-order valence-corrected chi connectivity index (χ0v) is 16.0. The number of aliphatic hydroxyl groups is 1. The Morgan fingerprint density at radius 3 is 2.56 bits per heavy atom. The number of amides is 1. The maximum Gasteiger partial charge on any atom is 0.258 e. The maximum atomic E-state index is 12.0. The number of carbonyl (C=O) groups excluding carboxylic acids is 1. The number of benzene rings is 2. The molecule has 7 heteroatoms. The summed E-state index contributed by atoms with van der Waals surface area (Å²) in [5.41, 5.74) is 2.42. The highest BCUT2D eigenvalue weighted by Gasteiger charge is 2.16. The maximum absolute atomic E-state index is 12.0. The molecular weight excluding hydrogens is 370 g/mol. The molecule has 0 bridgehead atoms. The van der Waals surface area contributed by atoms with Crippen LogP contribution in [0.4, 0.5) is 0 Å². The van der Waals surface area contributed by atoms with Gasteiger partial charge in [0.05, 0.1) is 6.10 Å². The van der Waals surface area contributed by atoms with Gasteiger partial charge in [-0.3, -0.25) is 4.79 Å². The minimum absolute atomic E-state index is 0.0700. The standard InChI is InChI=1S/C20H22ClNO5/c1-12-7-15(8-13(2)20(12)21)27-11-19(24)22-10-16(23)14-3-4-17-18(9-14)26-6-5-25-17/h3-4,7-9,16,23H,5-6,10-11H2,1-2H3,(H,22,24). The second-order valence-corrected chi connectivity index (χ2v) is 6.76. The summed E-state index contributed by atoms with van der Waals surface area (Å²) < 4.78 is 16.5. The average molecular weight is 392 g/mol. The second kappa shape index (κ2) is 8.50. The highest BCUT2D eigenvalue weighted by molar-refractivity contribution is 6.32. The lowest BCUT2D eigenvalue weighted by Crippen LogP contribution is -2.32. The Morgan fingerprint density at radius 2 is 1.85 bits per heavy atom. The van der Waals surface area contributed by atoms with Crippen molar-refractivity contribution in [3.63, 3.8) is 0 Å². The quantitative estimate of drug-likeness (QED) is 0.791. The smallest absolute Gasteiger partial charge is 0.258 e. The van der Waals surface area contributed by atoms with E-state index in [-0.39, 0.29) is 19.1 Å². The lowest BCUT2D eigenvalue weighted by Gasteiger charge is -2.20. The SMILES string of the molecule is Cc1cc(OCC(=O)NCC(O)c2ccc3c(c2)OCCO3)cc(C)c1Cl. The fraction of sp³-hybridized carbons (Fsp3) is 0.350. The molecule has 1 atom stereocenters.